The maximum atomic E-state index is 12.0. The quantitative estimate of drug-likeness (QED) is 0.423. The Kier molecular flexibility index (Phi) is 5.25. The van der Waals surface area contributed by atoms with E-state index >= 15 is 0 Å². The zero-order chi connectivity index (χ0) is 18.5. The molecule has 0 fully saturated rings. The molecule has 0 unspecified atom stereocenters. The van der Waals surface area contributed by atoms with Gasteiger partial charge in [-0.05, 0) is 25.0 Å². The van der Waals surface area contributed by atoms with Crippen molar-refractivity contribution in [1.82, 2.24) is 10.1 Å². The molecule has 0 aliphatic heterocycles. The van der Waals surface area contributed by atoms with E-state index in [1.807, 2.05) is 48.5 Å². The highest BCUT2D eigenvalue weighted by Gasteiger charge is 2.10. The van der Waals surface area contributed by atoms with Gasteiger partial charge in [-0.2, -0.15) is 0 Å². The Morgan fingerprint density at radius 3 is 2.74 bits per heavy atom. The summed E-state index contributed by atoms with van der Waals surface area (Å²) < 4.78 is 11.8. The Balaban J connectivity index is 1.23. The van der Waals surface area contributed by atoms with Gasteiger partial charge in [0.05, 0.1) is 15.2 Å². The van der Waals surface area contributed by atoms with Crippen LogP contribution in [0.15, 0.2) is 65.2 Å². The molecule has 2 aromatic heterocycles. The first-order chi connectivity index (χ1) is 13.3. The summed E-state index contributed by atoms with van der Waals surface area (Å²) in [5.74, 6) is 0.429. The number of carbonyl (C=O) groups excluding carboxylic acids is 1. The highest BCUT2D eigenvalue weighted by molar-refractivity contribution is 7.18. The fourth-order valence-electron chi connectivity index (χ4n) is 2.76. The first kappa shape index (κ1) is 17.4. The number of rotatable bonds is 7. The lowest BCUT2D eigenvalue weighted by Crippen LogP contribution is -2.05. The van der Waals surface area contributed by atoms with E-state index in [-0.39, 0.29) is 12.6 Å². The highest BCUT2D eigenvalue weighted by atomic mass is 32.1. The average Bonchev–Trinajstić information content (AvgIpc) is 3.34. The fourth-order valence-corrected chi connectivity index (χ4v) is 3.76. The van der Waals surface area contributed by atoms with E-state index in [0.29, 0.717) is 24.3 Å². The van der Waals surface area contributed by atoms with Crippen molar-refractivity contribution < 1.29 is 14.1 Å². The molecule has 0 aliphatic carbocycles. The molecule has 0 radical (unpaired) electrons. The van der Waals surface area contributed by atoms with Crippen LogP contribution in [0.5, 0.6) is 0 Å². The van der Waals surface area contributed by atoms with Gasteiger partial charge < -0.3 is 9.26 Å². The van der Waals surface area contributed by atoms with Gasteiger partial charge in [-0.25, -0.2) is 4.98 Å². The molecular formula is C21H18N2O3S. The van der Waals surface area contributed by atoms with Gasteiger partial charge in [-0.15, -0.1) is 11.3 Å². The molecule has 0 spiro atoms. The molecule has 0 N–H and O–H groups in total. The van der Waals surface area contributed by atoms with Crippen molar-refractivity contribution in [3.8, 4) is 11.3 Å². The number of hydrogen-bond donors (Lipinski definition) is 0. The number of esters is 1. The van der Waals surface area contributed by atoms with Crippen molar-refractivity contribution in [2.45, 2.75) is 25.9 Å². The molecular weight excluding hydrogens is 360 g/mol. The topological polar surface area (TPSA) is 65.2 Å². The van der Waals surface area contributed by atoms with Crippen LogP contribution in [-0.2, 0) is 22.6 Å². The number of aromatic nitrogens is 2. The van der Waals surface area contributed by atoms with E-state index in [2.05, 4.69) is 16.2 Å². The zero-order valence-electron chi connectivity index (χ0n) is 14.6. The molecule has 0 atom stereocenters. The predicted molar refractivity (Wildman–Crippen MR) is 104 cm³/mol. The second-order valence-corrected chi connectivity index (χ2v) is 7.25. The number of fused-ring (bicyclic) bond motifs is 1. The molecule has 2 heterocycles. The molecule has 0 bridgehead atoms. The molecule has 0 saturated heterocycles. The molecule has 4 rings (SSSR count). The monoisotopic (exact) mass is 378 g/mol. The maximum Gasteiger partial charge on any atom is 0.306 e. The van der Waals surface area contributed by atoms with Crippen molar-refractivity contribution >= 4 is 27.5 Å². The summed E-state index contributed by atoms with van der Waals surface area (Å²) in [7, 11) is 0. The van der Waals surface area contributed by atoms with Crippen LogP contribution in [0.2, 0.25) is 0 Å². The van der Waals surface area contributed by atoms with Gasteiger partial charge in [0.25, 0.3) is 0 Å². The number of hydrogen-bond acceptors (Lipinski definition) is 6. The molecule has 0 saturated carbocycles. The first-order valence-corrected chi connectivity index (χ1v) is 9.61. The van der Waals surface area contributed by atoms with Crippen LogP contribution < -0.4 is 0 Å². The Morgan fingerprint density at radius 2 is 1.89 bits per heavy atom. The van der Waals surface area contributed by atoms with Crippen LogP contribution in [0.4, 0.5) is 0 Å². The third-order valence-corrected chi connectivity index (χ3v) is 5.20. The molecule has 5 nitrogen and oxygen atoms in total. The molecule has 0 amide bonds. The van der Waals surface area contributed by atoms with Crippen LogP contribution in [0.25, 0.3) is 21.5 Å². The molecule has 27 heavy (non-hydrogen) atoms. The molecule has 6 heteroatoms. The zero-order valence-corrected chi connectivity index (χ0v) is 15.4. The van der Waals surface area contributed by atoms with Crippen molar-refractivity contribution in [2.75, 3.05) is 0 Å². The van der Waals surface area contributed by atoms with E-state index in [1.54, 1.807) is 17.4 Å². The minimum absolute atomic E-state index is 0.121. The summed E-state index contributed by atoms with van der Waals surface area (Å²) in [5, 5.41) is 5.01. The Labute approximate surface area is 160 Å². The van der Waals surface area contributed by atoms with Gasteiger partial charge in [0.1, 0.15) is 12.3 Å². The number of para-hydroxylation sites is 1. The van der Waals surface area contributed by atoms with E-state index in [9.17, 15) is 4.79 Å². The lowest BCUT2D eigenvalue weighted by Gasteiger charge is -2.01. The number of aryl methyl sites for hydroxylation is 1. The second kappa shape index (κ2) is 8.14. The Hall–Kier alpha value is -2.99. The minimum Gasteiger partial charge on any atom is -0.459 e. The number of nitrogens with zero attached hydrogens (tertiary/aromatic N) is 2. The standard InChI is InChI=1S/C21H18N2O3S/c24-21(12-6-11-20-22-17-9-4-5-10-19(17)27-20)25-14-16-13-18(26-23-16)15-7-2-1-3-8-15/h1-5,7-10,13H,6,11-12,14H2. The van der Waals surface area contributed by atoms with Crippen molar-refractivity contribution in [1.29, 1.82) is 0 Å². The number of ether oxygens (including phenoxy) is 1. The lowest BCUT2D eigenvalue weighted by molar-refractivity contribution is -0.145. The minimum atomic E-state index is -0.236. The molecule has 4 aromatic rings. The van der Waals surface area contributed by atoms with E-state index in [4.69, 9.17) is 9.26 Å². The molecule has 2 aromatic carbocycles. The second-order valence-electron chi connectivity index (χ2n) is 6.14. The Morgan fingerprint density at radius 1 is 1.07 bits per heavy atom. The number of carbonyl (C=O) groups is 1. The third kappa shape index (κ3) is 4.41. The summed E-state index contributed by atoms with van der Waals surface area (Å²) in [5.41, 5.74) is 2.56. The van der Waals surface area contributed by atoms with Gasteiger partial charge in [0, 0.05) is 18.1 Å². The number of thiazole rings is 1. The Bertz CT molecular complexity index is 1010. The van der Waals surface area contributed by atoms with Crippen molar-refractivity contribution in [2.24, 2.45) is 0 Å². The summed E-state index contributed by atoms with van der Waals surface area (Å²) in [4.78, 5) is 16.5. The third-order valence-electron chi connectivity index (χ3n) is 4.11. The largest absolute Gasteiger partial charge is 0.459 e. The van der Waals surface area contributed by atoms with Crippen molar-refractivity contribution in [3.63, 3.8) is 0 Å². The summed E-state index contributed by atoms with van der Waals surface area (Å²) in [6, 6.07) is 19.5. The normalized spacial score (nSPS) is 11.0. The van der Waals surface area contributed by atoms with Crippen LogP contribution in [0.1, 0.15) is 23.5 Å². The first-order valence-electron chi connectivity index (χ1n) is 8.79. The summed E-state index contributed by atoms with van der Waals surface area (Å²) in [6.07, 6.45) is 1.85. The van der Waals surface area contributed by atoms with Crippen LogP contribution >= 0.6 is 11.3 Å². The smallest absolute Gasteiger partial charge is 0.306 e. The SMILES string of the molecule is O=C(CCCc1nc2ccccc2s1)OCc1cc(-c2ccccc2)on1. The van der Waals surface area contributed by atoms with E-state index < -0.39 is 0 Å². The highest BCUT2D eigenvalue weighted by Crippen LogP contribution is 2.23. The van der Waals surface area contributed by atoms with Gasteiger partial charge in [-0.3, -0.25) is 4.79 Å². The summed E-state index contributed by atoms with van der Waals surface area (Å²) >= 11 is 1.67. The van der Waals surface area contributed by atoms with Crippen molar-refractivity contribution in [3.05, 3.63) is 71.4 Å². The van der Waals surface area contributed by atoms with E-state index in [1.165, 1.54) is 4.70 Å². The van der Waals surface area contributed by atoms with Gasteiger partial charge in [0.15, 0.2) is 5.76 Å². The van der Waals surface area contributed by atoms with Gasteiger partial charge >= 0.3 is 5.97 Å². The molecule has 136 valence electrons. The van der Waals surface area contributed by atoms with E-state index in [0.717, 1.165) is 22.5 Å². The molecule has 0 aliphatic rings. The van der Waals surface area contributed by atoms with Gasteiger partial charge in [-0.1, -0.05) is 47.6 Å². The predicted octanol–water partition coefficient (Wildman–Crippen LogP) is 5.02. The average molecular weight is 378 g/mol. The van der Waals surface area contributed by atoms with Crippen LogP contribution in [0, 0.1) is 0 Å². The van der Waals surface area contributed by atoms with Crippen LogP contribution in [0.3, 0.4) is 0 Å². The number of benzene rings is 2. The summed E-state index contributed by atoms with van der Waals surface area (Å²) in [6.45, 7) is 0.121. The fraction of sp³-hybridized carbons (Fsp3) is 0.190. The van der Waals surface area contributed by atoms with Crippen LogP contribution in [-0.4, -0.2) is 16.1 Å². The lowest BCUT2D eigenvalue weighted by atomic mass is 10.2. The maximum absolute atomic E-state index is 12.0. The van der Waals surface area contributed by atoms with Gasteiger partial charge in [0.2, 0.25) is 0 Å².